The van der Waals surface area contributed by atoms with Gasteiger partial charge in [0.05, 0.1) is 16.3 Å². The van der Waals surface area contributed by atoms with Crippen molar-refractivity contribution in [1.29, 1.82) is 0 Å². The Bertz CT molecular complexity index is 437. The van der Waals surface area contributed by atoms with Crippen molar-refractivity contribution in [2.24, 2.45) is 5.73 Å². The smallest absolute Gasteiger partial charge is 0.140 e. The summed E-state index contributed by atoms with van der Waals surface area (Å²) in [6, 6.07) is 0. The molecule has 0 amide bonds. The average molecular weight is 299 g/mol. The van der Waals surface area contributed by atoms with Crippen molar-refractivity contribution in [3.63, 3.8) is 0 Å². The Hall–Kier alpha value is -0.660. The van der Waals surface area contributed by atoms with Gasteiger partial charge in [-0.2, -0.15) is 16.9 Å². The van der Waals surface area contributed by atoms with Crippen LogP contribution in [0.15, 0.2) is 6.33 Å². The molecule has 2 rings (SSSR count). The molecule has 0 unspecified atom stereocenters. The lowest BCUT2D eigenvalue weighted by molar-refractivity contribution is 0.204. The van der Waals surface area contributed by atoms with Crippen LogP contribution in [0.4, 0.5) is 0 Å². The number of piperidine rings is 1. The van der Waals surface area contributed by atoms with Gasteiger partial charge in [-0.25, -0.2) is 9.67 Å². The fourth-order valence-electron chi connectivity index (χ4n) is 2.50. The molecular formula is C12H21N5S2. The summed E-state index contributed by atoms with van der Waals surface area (Å²) in [5.41, 5.74) is 5.91. The van der Waals surface area contributed by atoms with E-state index < -0.39 is 0 Å². The van der Waals surface area contributed by atoms with E-state index in [1.165, 1.54) is 0 Å². The van der Waals surface area contributed by atoms with Gasteiger partial charge in [-0.15, -0.1) is 0 Å². The number of hydrogen-bond acceptors (Lipinski definition) is 5. The molecule has 5 nitrogen and oxygen atoms in total. The van der Waals surface area contributed by atoms with E-state index in [1.54, 1.807) is 18.1 Å². The van der Waals surface area contributed by atoms with E-state index in [9.17, 15) is 0 Å². The topological polar surface area (TPSA) is 60.0 Å². The van der Waals surface area contributed by atoms with Crippen molar-refractivity contribution in [2.45, 2.75) is 37.6 Å². The third kappa shape index (κ3) is 3.09. The van der Waals surface area contributed by atoms with Crippen LogP contribution in [-0.2, 0) is 13.1 Å². The standard InChI is InChI=1S/C12H21N5S2/c1-3-17-10(14-9-15-17)8-16-6-4-12(19-2,5-7-16)11(13)18/h9H,3-8H2,1-2H3,(H2,13,18). The fraction of sp³-hybridized carbons (Fsp3) is 0.750. The first-order valence-corrected chi connectivity index (χ1v) is 8.18. The van der Waals surface area contributed by atoms with Gasteiger partial charge < -0.3 is 5.73 Å². The average Bonchev–Trinajstić information content (AvgIpc) is 2.87. The van der Waals surface area contributed by atoms with Gasteiger partial charge in [0.15, 0.2) is 0 Å². The summed E-state index contributed by atoms with van der Waals surface area (Å²) in [6.45, 7) is 5.82. The zero-order valence-electron chi connectivity index (χ0n) is 11.5. The van der Waals surface area contributed by atoms with Gasteiger partial charge in [-0.3, -0.25) is 4.90 Å². The molecule has 106 valence electrons. The number of likely N-dealkylation sites (tertiary alicyclic amines) is 1. The molecule has 0 radical (unpaired) electrons. The van der Waals surface area contributed by atoms with Gasteiger partial charge in [0.1, 0.15) is 12.2 Å². The second kappa shape index (κ2) is 6.19. The van der Waals surface area contributed by atoms with Crippen LogP contribution in [0.25, 0.3) is 0 Å². The highest BCUT2D eigenvalue weighted by Crippen LogP contribution is 2.35. The number of aromatic nitrogens is 3. The molecular weight excluding hydrogens is 278 g/mol. The highest BCUT2D eigenvalue weighted by Gasteiger charge is 2.36. The number of nitrogens with zero attached hydrogens (tertiary/aromatic N) is 4. The minimum Gasteiger partial charge on any atom is -0.392 e. The molecule has 2 heterocycles. The molecule has 1 fully saturated rings. The van der Waals surface area contributed by atoms with E-state index in [2.05, 4.69) is 28.2 Å². The monoisotopic (exact) mass is 299 g/mol. The van der Waals surface area contributed by atoms with Crippen molar-refractivity contribution in [1.82, 2.24) is 19.7 Å². The van der Waals surface area contributed by atoms with Crippen LogP contribution in [0.3, 0.4) is 0 Å². The number of thiocarbonyl (C=S) groups is 1. The lowest BCUT2D eigenvalue weighted by Gasteiger charge is -2.39. The van der Waals surface area contributed by atoms with Crippen LogP contribution in [0.5, 0.6) is 0 Å². The Balaban J connectivity index is 1.95. The number of rotatable bonds is 5. The van der Waals surface area contributed by atoms with Gasteiger partial charge in [-0.05, 0) is 26.0 Å². The van der Waals surface area contributed by atoms with E-state index in [0.717, 1.165) is 44.8 Å². The van der Waals surface area contributed by atoms with E-state index >= 15 is 0 Å². The lowest BCUT2D eigenvalue weighted by atomic mass is 9.95. The fourth-order valence-corrected chi connectivity index (χ4v) is 3.74. The molecule has 1 aliphatic heterocycles. The molecule has 1 saturated heterocycles. The van der Waals surface area contributed by atoms with Crippen LogP contribution < -0.4 is 5.73 Å². The van der Waals surface area contributed by atoms with Crippen molar-refractivity contribution >= 4 is 29.0 Å². The van der Waals surface area contributed by atoms with Crippen LogP contribution >= 0.6 is 24.0 Å². The summed E-state index contributed by atoms with van der Waals surface area (Å²) >= 11 is 7.03. The summed E-state index contributed by atoms with van der Waals surface area (Å²) < 4.78 is 1.94. The zero-order valence-corrected chi connectivity index (χ0v) is 13.1. The molecule has 2 N–H and O–H groups in total. The Kier molecular flexibility index (Phi) is 4.81. The third-order valence-electron chi connectivity index (χ3n) is 3.86. The largest absolute Gasteiger partial charge is 0.392 e. The van der Waals surface area contributed by atoms with Crippen LogP contribution in [0.1, 0.15) is 25.6 Å². The molecule has 0 spiro atoms. The first-order valence-electron chi connectivity index (χ1n) is 6.55. The van der Waals surface area contributed by atoms with Gasteiger partial charge >= 0.3 is 0 Å². The minimum absolute atomic E-state index is 0.00966. The van der Waals surface area contributed by atoms with E-state index in [0.29, 0.717) is 4.99 Å². The van der Waals surface area contributed by atoms with Gasteiger partial charge in [0.25, 0.3) is 0 Å². The zero-order chi connectivity index (χ0) is 13.9. The minimum atomic E-state index is -0.00966. The molecule has 1 aromatic heterocycles. The van der Waals surface area contributed by atoms with Gasteiger partial charge in [0, 0.05) is 19.6 Å². The van der Waals surface area contributed by atoms with E-state index in [1.807, 2.05) is 4.68 Å². The maximum absolute atomic E-state index is 5.91. The van der Waals surface area contributed by atoms with Crippen LogP contribution in [0.2, 0.25) is 0 Å². The maximum Gasteiger partial charge on any atom is 0.140 e. The highest BCUT2D eigenvalue weighted by atomic mass is 32.2. The number of hydrogen-bond donors (Lipinski definition) is 1. The van der Waals surface area contributed by atoms with Gasteiger partial charge in [0.2, 0.25) is 0 Å². The summed E-state index contributed by atoms with van der Waals surface area (Å²) in [6.07, 6.45) is 5.76. The van der Waals surface area contributed by atoms with Crippen LogP contribution in [-0.4, -0.2) is 48.7 Å². The molecule has 19 heavy (non-hydrogen) atoms. The summed E-state index contributed by atoms with van der Waals surface area (Å²) in [5, 5.41) is 4.21. The molecule has 0 bridgehead atoms. The predicted octanol–water partition coefficient (Wildman–Crippen LogP) is 1.28. The Morgan fingerprint density at radius 3 is 2.74 bits per heavy atom. The summed E-state index contributed by atoms with van der Waals surface area (Å²) in [7, 11) is 0. The molecule has 0 saturated carbocycles. The Labute approximate surface area is 123 Å². The third-order valence-corrected chi connectivity index (χ3v) is 5.79. The Morgan fingerprint density at radius 1 is 1.53 bits per heavy atom. The SMILES string of the molecule is CCn1ncnc1CN1CCC(SC)(C(N)=S)CC1. The van der Waals surface area contributed by atoms with Crippen molar-refractivity contribution < 1.29 is 0 Å². The molecule has 7 heteroatoms. The molecule has 1 aromatic rings. The molecule has 1 aliphatic rings. The Morgan fingerprint density at radius 2 is 2.21 bits per heavy atom. The van der Waals surface area contributed by atoms with Crippen molar-refractivity contribution in [2.75, 3.05) is 19.3 Å². The van der Waals surface area contributed by atoms with Crippen molar-refractivity contribution in [3.8, 4) is 0 Å². The molecule has 0 aliphatic carbocycles. The van der Waals surface area contributed by atoms with Crippen LogP contribution in [0, 0.1) is 0 Å². The second-order valence-corrected chi connectivity index (χ2v) is 6.46. The normalized spacial score (nSPS) is 19.5. The quantitative estimate of drug-likeness (QED) is 0.827. The number of thioether (sulfide) groups is 1. The number of aryl methyl sites for hydroxylation is 1. The number of nitrogens with two attached hydrogens (primary N) is 1. The molecule has 0 atom stereocenters. The van der Waals surface area contributed by atoms with Crippen molar-refractivity contribution in [3.05, 3.63) is 12.2 Å². The van der Waals surface area contributed by atoms with E-state index in [4.69, 9.17) is 18.0 Å². The predicted molar refractivity (Wildman–Crippen MR) is 83.2 cm³/mol. The van der Waals surface area contributed by atoms with E-state index in [-0.39, 0.29) is 4.75 Å². The highest BCUT2D eigenvalue weighted by molar-refractivity contribution is 8.02. The maximum atomic E-state index is 5.91. The van der Waals surface area contributed by atoms with Gasteiger partial charge in [-0.1, -0.05) is 12.2 Å². The first kappa shape index (κ1) is 14.7. The summed E-state index contributed by atoms with van der Waals surface area (Å²) in [5.74, 6) is 1.04. The summed E-state index contributed by atoms with van der Waals surface area (Å²) in [4.78, 5) is 7.38. The first-order chi connectivity index (χ1) is 9.11. The lowest BCUT2D eigenvalue weighted by Crippen LogP contribution is -2.49. The molecule has 0 aromatic carbocycles. The second-order valence-electron chi connectivity index (χ2n) is 4.83.